The van der Waals surface area contributed by atoms with Crippen molar-refractivity contribution in [2.24, 2.45) is 17.6 Å². The number of carbonyl (C=O) groups excluding carboxylic acids is 1. The second-order valence-electron chi connectivity index (χ2n) is 5.70. The molecule has 0 aromatic heterocycles. The summed E-state index contributed by atoms with van der Waals surface area (Å²) in [6.45, 7) is 7.13. The average molecular weight is 210 g/mol. The molecule has 15 heavy (non-hydrogen) atoms. The summed E-state index contributed by atoms with van der Waals surface area (Å²) in [5.74, 6) is 1.22. The lowest BCUT2D eigenvalue weighted by molar-refractivity contribution is -0.137. The van der Waals surface area contributed by atoms with Crippen molar-refractivity contribution < 1.29 is 4.79 Å². The first-order valence-corrected chi connectivity index (χ1v) is 6.03. The monoisotopic (exact) mass is 210 g/mol. The highest BCUT2D eigenvalue weighted by atomic mass is 16.2. The lowest BCUT2D eigenvalue weighted by Crippen LogP contribution is -2.55. The van der Waals surface area contributed by atoms with Crippen LogP contribution in [0.15, 0.2) is 0 Å². The van der Waals surface area contributed by atoms with Gasteiger partial charge in [-0.15, -0.1) is 0 Å². The van der Waals surface area contributed by atoms with Gasteiger partial charge in [0, 0.05) is 12.6 Å². The molecule has 3 atom stereocenters. The van der Waals surface area contributed by atoms with Crippen molar-refractivity contribution in [2.75, 3.05) is 6.54 Å². The van der Waals surface area contributed by atoms with Crippen LogP contribution in [0.5, 0.6) is 0 Å². The molecule has 0 aromatic rings. The van der Waals surface area contributed by atoms with Gasteiger partial charge < -0.3 is 10.6 Å². The largest absolute Gasteiger partial charge is 0.338 e. The van der Waals surface area contributed by atoms with Crippen LogP contribution < -0.4 is 5.73 Å². The molecule has 1 heterocycles. The first-order chi connectivity index (χ1) is 6.93. The van der Waals surface area contributed by atoms with Gasteiger partial charge in [-0.05, 0) is 44.9 Å². The van der Waals surface area contributed by atoms with Gasteiger partial charge in [0.2, 0.25) is 5.91 Å². The number of carbonyl (C=O) groups is 1. The summed E-state index contributed by atoms with van der Waals surface area (Å²) < 4.78 is 0. The van der Waals surface area contributed by atoms with Gasteiger partial charge in [-0.1, -0.05) is 6.92 Å². The highest BCUT2D eigenvalue weighted by Gasteiger charge is 2.47. The zero-order valence-corrected chi connectivity index (χ0v) is 9.99. The average Bonchev–Trinajstić information content (AvgIpc) is 2.92. The minimum Gasteiger partial charge on any atom is -0.338 e. The highest BCUT2D eigenvalue weighted by molar-refractivity contribution is 5.87. The molecular weight excluding hydrogens is 188 g/mol. The van der Waals surface area contributed by atoms with Crippen LogP contribution in [-0.4, -0.2) is 28.9 Å². The van der Waals surface area contributed by atoms with E-state index < -0.39 is 5.54 Å². The number of rotatable bonds is 2. The van der Waals surface area contributed by atoms with E-state index in [-0.39, 0.29) is 5.91 Å². The summed E-state index contributed by atoms with van der Waals surface area (Å²) in [5.41, 5.74) is 5.55. The van der Waals surface area contributed by atoms with E-state index in [2.05, 4.69) is 13.8 Å². The van der Waals surface area contributed by atoms with Crippen molar-refractivity contribution >= 4 is 5.91 Å². The molecule has 2 aliphatic rings. The normalized spacial score (nSPS) is 35.3. The van der Waals surface area contributed by atoms with Crippen LogP contribution in [0.4, 0.5) is 0 Å². The number of likely N-dealkylation sites (tertiary alicyclic amines) is 1. The van der Waals surface area contributed by atoms with Crippen molar-refractivity contribution in [3.05, 3.63) is 0 Å². The Balaban J connectivity index is 2.07. The SMILES string of the molecule is CC1CC(C)N(C(=O)C(C)(N)C2CC2)C1. The molecule has 3 unspecified atom stereocenters. The van der Waals surface area contributed by atoms with Gasteiger partial charge in [-0.25, -0.2) is 0 Å². The number of amides is 1. The predicted molar refractivity (Wildman–Crippen MR) is 60.3 cm³/mol. The molecule has 3 nitrogen and oxygen atoms in total. The van der Waals surface area contributed by atoms with Crippen molar-refractivity contribution in [3.8, 4) is 0 Å². The fourth-order valence-corrected chi connectivity index (χ4v) is 2.75. The van der Waals surface area contributed by atoms with Crippen LogP contribution in [0, 0.1) is 11.8 Å². The lowest BCUT2D eigenvalue weighted by Gasteiger charge is -2.31. The topological polar surface area (TPSA) is 46.3 Å². The van der Waals surface area contributed by atoms with Crippen LogP contribution in [-0.2, 0) is 4.79 Å². The van der Waals surface area contributed by atoms with Gasteiger partial charge in [-0.3, -0.25) is 4.79 Å². The molecule has 2 fully saturated rings. The molecule has 1 amide bonds. The van der Waals surface area contributed by atoms with E-state index in [0.717, 1.165) is 25.8 Å². The summed E-state index contributed by atoms with van der Waals surface area (Å²) in [6.07, 6.45) is 3.36. The summed E-state index contributed by atoms with van der Waals surface area (Å²) in [7, 11) is 0. The van der Waals surface area contributed by atoms with Gasteiger partial charge in [0.25, 0.3) is 0 Å². The predicted octanol–water partition coefficient (Wildman–Crippen LogP) is 1.37. The second kappa shape index (κ2) is 3.48. The molecule has 0 spiro atoms. The lowest BCUT2D eigenvalue weighted by atomic mass is 9.95. The molecule has 2 rings (SSSR count). The third-order valence-electron chi connectivity index (χ3n) is 3.93. The van der Waals surface area contributed by atoms with Crippen LogP contribution >= 0.6 is 0 Å². The van der Waals surface area contributed by atoms with Crippen molar-refractivity contribution in [1.29, 1.82) is 0 Å². The Morgan fingerprint density at radius 3 is 2.40 bits per heavy atom. The smallest absolute Gasteiger partial charge is 0.242 e. The summed E-state index contributed by atoms with van der Waals surface area (Å²) in [4.78, 5) is 14.3. The van der Waals surface area contributed by atoms with E-state index in [0.29, 0.717) is 17.9 Å². The van der Waals surface area contributed by atoms with Gasteiger partial charge in [-0.2, -0.15) is 0 Å². The maximum Gasteiger partial charge on any atom is 0.242 e. The standard InChI is InChI=1S/C12H22N2O/c1-8-6-9(2)14(7-8)11(15)12(3,13)10-4-5-10/h8-10H,4-7,13H2,1-3H3. The Kier molecular flexibility index (Phi) is 2.53. The van der Waals surface area contributed by atoms with E-state index in [1.54, 1.807) is 0 Å². The second-order valence-corrected chi connectivity index (χ2v) is 5.70. The Bertz CT molecular complexity index is 271. The molecule has 3 heteroatoms. The fraction of sp³-hybridized carbons (Fsp3) is 0.917. The van der Waals surface area contributed by atoms with Crippen LogP contribution in [0.2, 0.25) is 0 Å². The Labute approximate surface area is 92.0 Å². The Morgan fingerprint density at radius 1 is 1.40 bits per heavy atom. The van der Waals surface area contributed by atoms with E-state index in [1.807, 2.05) is 11.8 Å². The molecule has 86 valence electrons. The zero-order chi connectivity index (χ0) is 11.2. The van der Waals surface area contributed by atoms with E-state index in [4.69, 9.17) is 5.73 Å². The van der Waals surface area contributed by atoms with Gasteiger partial charge in [0.1, 0.15) is 0 Å². The molecular formula is C12H22N2O. The molecule has 0 bridgehead atoms. The number of nitrogens with zero attached hydrogens (tertiary/aromatic N) is 1. The summed E-state index contributed by atoms with van der Waals surface area (Å²) in [6, 6.07) is 0.370. The number of nitrogens with two attached hydrogens (primary N) is 1. The fourth-order valence-electron chi connectivity index (χ4n) is 2.75. The molecule has 1 saturated carbocycles. The van der Waals surface area contributed by atoms with Crippen molar-refractivity contribution in [1.82, 2.24) is 4.90 Å². The molecule has 0 aromatic carbocycles. The first kappa shape index (κ1) is 10.9. The molecule has 2 N–H and O–H groups in total. The Morgan fingerprint density at radius 2 is 2.00 bits per heavy atom. The molecule has 1 aliphatic carbocycles. The summed E-state index contributed by atoms with van der Waals surface area (Å²) >= 11 is 0. The number of hydrogen-bond donors (Lipinski definition) is 1. The van der Waals surface area contributed by atoms with Gasteiger partial charge in [0.15, 0.2) is 0 Å². The summed E-state index contributed by atoms with van der Waals surface area (Å²) in [5, 5.41) is 0. The molecule has 0 radical (unpaired) electrons. The quantitative estimate of drug-likeness (QED) is 0.748. The van der Waals surface area contributed by atoms with Crippen LogP contribution in [0.3, 0.4) is 0 Å². The van der Waals surface area contributed by atoms with E-state index in [1.165, 1.54) is 0 Å². The molecule has 1 aliphatic heterocycles. The zero-order valence-electron chi connectivity index (χ0n) is 9.99. The maximum atomic E-state index is 12.3. The van der Waals surface area contributed by atoms with E-state index >= 15 is 0 Å². The number of hydrogen-bond acceptors (Lipinski definition) is 2. The third kappa shape index (κ3) is 1.89. The maximum absolute atomic E-state index is 12.3. The first-order valence-electron chi connectivity index (χ1n) is 6.03. The van der Waals surface area contributed by atoms with Gasteiger partial charge in [0.05, 0.1) is 5.54 Å². The van der Waals surface area contributed by atoms with Crippen molar-refractivity contribution in [3.63, 3.8) is 0 Å². The van der Waals surface area contributed by atoms with Gasteiger partial charge >= 0.3 is 0 Å². The van der Waals surface area contributed by atoms with Crippen molar-refractivity contribution in [2.45, 2.75) is 51.6 Å². The highest BCUT2D eigenvalue weighted by Crippen LogP contribution is 2.40. The van der Waals surface area contributed by atoms with E-state index in [9.17, 15) is 4.79 Å². The minimum absolute atomic E-state index is 0.168. The van der Waals surface area contributed by atoms with Crippen LogP contribution in [0.25, 0.3) is 0 Å². The minimum atomic E-state index is -0.613. The third-order valence-corrected chi connectivity index (χ3v) is 3.93. The Hall–Kier alpha value is -0.570. The molecule has 1 saturated heterocycles. The van der Waals surface area contributed by atoms with Crippen LogP contribution in [0.1, 0.15) is 40.0 Å².